The smallest absolute Gasteiger partial charge is 0.408 e. The van der Waals surface area contributed by atoms with Gasteiger partial charge in [-0.1, -0.05) is 30.7 Å². The topological polar surface area (TPSA) is 60.3 Å². The van der Waals surface area contributed by atoms with E-state index in [1.54, 1.807) is 10.6 Å². The van der Waals surface area contributed by atoms with Crippen LogP contribution in [0.4, 0.5) is 4.79 Å². The molecule has 26 heavy (non-hydrogen) atoms. The van der Waals surface area contributed by atoms with Crippen LogP contribution < -0.4 is 10.9 Å². The molecule has 0 radical (unpaired) electrons. The second-order valence-electron chi connectivity index (χ2n) is 7.79. The number of halogens is 1. The number of fused-ring (bicyclic) bond motifs is 1. The third-order valence-corrected chi connectivity index (χ3v) is 4.74. The highest BCUT2D eigenvalue weighted by atomic mass is 35.5. The minimum absolute atomic E-state index is 0.0879. The number of alkyl carbamates (subject to hydrolysis) is 1. The van der Waals surface area contributed by atoms with Crippen LogP contribution in [0.15, 0.2) is 29.1 Å². The number of hydrogen-bond acceptors (Lipinski definition) is 3. The van der Waals surface area contributed by atoms with Crippen molar-refractivity contribution in [1.29, 1.82) is 0 Å². The van der Waals surface area contributed by atoms with Gasteiger partial charge in [-0.15, -0.1) is 0 Å². The summed E-state index contributed by atoms with van der Waals surface area (Å²) in [6.07, 6.45) is 2.10. The lowest BCUT2D eigenvalue weighted by Gasteiger charge is -2.25. The molecule has 1 heterocycles. The normalized spacial score (nSPS) is 15.7. The SMILES string of the molecule is CC[C@H](NC(=O)OC(C)(C)C)c1cc2cccc(Cl)c2c(=O)n1C1CC1. The van der Waals surface area contributed by atoms with Gasteiger partial charge in [0.05, 0.1) is 16.5 Å². The number of aromatic nitrogens is 1. The summed E-state index contributed by atoms with van der Waals surface area (Å²) in [5, 5.41) is 4.70. The molecule has 1 aromatic heterocycles. The van der Waals surface area contributed by atoms with Gasteiger partial charge in [-0.05, 0) is 57.6 Å². The van der Waals surface area contributed by atoms with Gasteiger partial charge < -0.3 is 14.6 Å². The Bertz CT molecular complexity index is 894. The molecule has 0 unspecified atom stereocenters. The number of carbonyl (C=O) groups is 1. The minimum atomic E-state index is -0.574. The molecule has 2 aromatic rings. The number of nitrogens with one attached hydrogen (secondary N) is 1. The number of amides is 1. The van der Waals surface area contributed by atoms with Crippen LogP contribution in [0.5, 0.6) is 0 Å². The second kappa shape index (κ2) is 6.95. The van der Waals surface area contributed by atoms with Crippen molar-refractivity contribution in [3.63, 3.8) is 0 Å². The number of carbonyl (C=O) groups excluding carboxylic acids is 1. The molecule has 0 saturated heterocycles. The zero-order valence-corrected chi connectivity index (χ0v) is 16.4. The number of pyridine rings is 1. The molecular weight excluding hydrogens is 352 g/mol. The molecule has 1 N–H and O–H groups in total. The van der Waals surface area contributed by atoms with Crippen LogP contribution in [0.25, 0.3) is 10.8 Å². The Morgan fingerprint density at radius 2 is 2.08 bits per heavy atom. The van der Waals surface area contributed by atoms with Gasteiger partial charge >= 0.3 is 6.09 Å². The monoisotopic (exact) mass is 376 g/mol. The third kappa shape index (κ3) is 3.88. The summed E-state index contributed by atoms with van der Waals surface area (Å²) in [6, 6.07) is 7.28. The Kier molecular flexibility index (Phi) is 5.02. The molecule has 1 atom stereocenters. The van der Waals surface area contributed by atoms with E-state index in [1.165, 1.54) is 0 Å². The molecule has 0 aliphatic heterocycles. The largest absolute Gasteiger partial charge is 0.444 e. The van der Waals surface area contributed by atoms with E-state index in [4.69, 9.17) is 16.3 Å². The highest BCUT2D eigenvalue weighted by molar-refractivity contribution is 6.35. The fraction of sp³-hybridized carbons (Fsp3) is 0.500. The number of benzene rings is 1. The minimum Gasteiger partial charge on any atom is -0.444 e. The van der Waals surface area contributed by atoms with E-state index in [2.05, 4.69) is 5.32 Å². The first-order chi connectivity index (χ1) is 12.2. The van der Waals surface area contributed by atoms with Crippen molar-refractivity contribution in [2.75, 3.05) is 0 Å². The Labute approximate surface area is 158 Å². The van der Waals surface area contributed by atoms with Crippen LogP contribution in [-0.2, 0) is 4.74 Å². The van der Waals surface area contributed by atoms with Crippen LogP contribution in [-0.4, -0.2) is 16.3 Å². The molecule has 1 aromatic carbocycles. The van der Waals surface area contributed by atoms with Crippen molar-refractivity contribution < 1.29 is 9.53 Å². The maximum atomic E-state index is 13.1. The maximum Gasteiger partial charge on any atom is 0.408 e. The van der Waals surface area contributed by atoms with Gasteiger partial charge in [0.1, 0.15) is 5.60 Å². The van der Waals surface area contributed by atoms with Gasteiger partial charge in [0.15, 0.2) is 0 Å². The Morgan fingerprint density at radius 1 is 1.38 bits per heavy atom. The number of ether oxygens (including phenoxy) is 1. The van der Waals surface area contributed by atoms with Crippen LogP contribution in [0, 0.1) is 0 Å². The lowest BCUT2D eigenvalue weighted by molar-refractivity contribution is 0.0500. The lowest BCUT2D eigenvalue weighted by atomic mass is 10.1. The summed E-state index contributed by atoms with van der Waals surface area (Å²) in [4.78, 5) is 25.4. The number of hydrogen-bond donors (Lipinski definition) is 1. The molecule has 5 nitrogen and oxygen atoms in total. The Hall–Kier alpha value is -2.01. The predicted octanol–water partition coefficient (Wildman–Crippen LogP) is 4.97. The van der Waals surface area contributed by atoms with Crippen LogP contribution in [0.1, 0.15) is 64.7 Å². The zero-order chi connectivity index (χ0) is 19.1. The quantitative estimate of drug-likeness (QED) is 0.819. The van der Waals surface area contributed by atoms with Crippen molar-refractivity contribution in [2.45, 2.75) is 64.6 Å². The van der Waals surface area contributed by atoms with Crippen LogP contribution >= 0.6 is 11.6 Å². The van der Waals surface area contributed by atoms with Gasteiger partial charge in [0, 0.05) is 11.7 Å². The summed E-state index contributed by atoms with van der Waals surface area (Å²) >= 11 is 6.28. The lowest BCUT2D eigenvalue weighted by Crippen LogP contribution is -2.37. The summed E-state index contributed by atoms with van der Waals surface area (Å²) in [6.45, 7) is 7.45. The van der Waals surface area contributed by atoms with Crippen molar-refractivity contribution in [2.24, 2.45) is 0 Å². The van der Waals surface area contributed by atoms with Gasteiger partial charge in [-0.3, -0.25) is 4.79 Å². The van der Waals surface area contributed by atoms with Crippen LogP contribution in [0.2, 0.25) is 5.02 Å². The second-order valence-corrected chi connectivity index (χ2v) is 8.19. The van der Waals surface area contributed by atoms with E-state index in [1.807, 2.05) is 45.9 Å². The summed E-state index contributed by atoms with van der Waals surface area (Å²) in [5.41, 5.74) is 0.144. The van der Waals surface area contributed by atoms with Crippen molar-refractivity contribution in [3.8, 4) is 0 Å². The third-order valence-electron chi connectivity index (χ3n) is 4.43. The van der Waals surface area contributed by atoms with Crippen LogP contribution in [0.3, 0.4) is 0 Å². The molecule has 1 aliphatic rings. The fourth-order valence-electron chi connectivity index (χ4n) is 3.17. The summed E-state index contributed by atoms with van der Waals surface area (Å²) < 4.78 is 7.19. The standard InChI is InChI=1S/C20H25ClN2O3/c1-5-15(22-19(25)26-20(2,3)4)16-11-12-7-6-8-14(21)17(12)18(24)23(16)13-9-10-13/h6-8,11,13,15H,5,9-10H2,1-4H3,(H,22,25)/t15-/m0/s1. The van der Waals surface area contributed by atoms with Crippen molar-refractivity contribution >= 4 is 28.5 Å². The first-order valence-corrected chi connectivity index (χ1v) is 9.42. The predicted molar refractivity (Wildman–Crippen MR) is 104 cm³/mol. The maximum absolute atomic E-state index is 13.1. The highest BCUT2D eigenvalue weighted by Crippen LogP contribution is 2.37. The summed E-state index contributed by atoms with van der Waals surface area (Å²) in [7, 11) is 0. The average Bonchev–Trinajstić information content (AvgIpc) is 3.35. The molecule has 1 aliphatic carbocycles. The van der Waals surface area contributed by atoms with E-state index in [0.29, 0.717) is 16.8 Å². The zero-order valence-electron chi connectivity index (χ0n) is 15.6. The van der Waals surface area contributed by atoms with Gasteiger partial charge in [-0.25, -0.2) is 4.79 Å². The molecule has 0 bridgehead atoms. The molecule has 1 fully saturated rings. The number of rotatable bonds is 4. The fourth-order valence-corrected chi connectivity index (χ4v) is 3.43. The van der Waals surface area contributed by atoms with E-state index in [-0.39, 0.29) is 17.6 Å². The van der Waals surface area contributed by atoms with Gasteiger partial charge in [0.25, 0.3) is 5.56 Å². The molecule has 3 rings (SSSR count). The van der Waals surface area contributed by atoms with E-state index in [9.17, 15) is 9.59 Å². The molecule has 1 amide bonds. The Balaban J connectivity index is 2.06. The highest BCUT2D eigenvalue weighted by Gasteiger charge is 2.31. The number of nitrogens with zero attached hydrogens (tertiary/aromatic N) is 1. The van der Waals surface area contributed by atoms with E-state index in [0.717, 1.165) is 23.9 Å². The first-order valence-electron chi connectivity index (χ1n) is 9.04. The molecule has 1 saturated carbocycles. The van der Waals surface area contributed by atoms with Crippen molar-refractivity contribution in [3.05, 3.63) is 45.3 Å². The molecule has 6 heteroatoms. The Morgan fingerprint density at radius 3 is 2.65 bits per heavy atom. The van der Waals surface area contributed by atoms with Gasteiger partial charge in [-0.2, -0.15) is 0 Å². The van der Waals surface area contributed by atoms with Gasteiger partial charge in [0.2, 0.25) is 0 Å². The summed E-state index contributed by atoms with van der Waals surface area (Å²) in [5.74, 6) is 0. The molecular formula is C20H25ClN2O3. The van der Waals surface area contributed by atoms with E-state index >= 15 is 0 Å². The molecule has 0 spiro atoms. The average molecular weight is 377 g/mol. The van der Waals surface area contributed by atoms with E-state index < -0.39 is 11.7 Å². The molecule has 140 valence electrons. The van der Waals surface area contributed by atoms with Crippen molar-refractivity contribution in [1.82, 2.24) is 9.88 Å². The first kappa shape index (κ1) is 18.8.